The molecule has 88 valence electrons. The minimum absolute atomic E-state index is 0.0862. The summed E-state index contributed by atoms with van der Waals surface area (Å²) in [5, 5.41) is 7.57. The molecule has 2 rings (SSSR count). The molecule has 1 aromatic rings. The molecule has 0 bridgehead atoms. The van der Waals surface area contributed by atoms with E-state index < -0.39 is 5.41 Å². The van der Waals surface area contributed by atoms with E-state index in [0.717, 1.165) is 0 Å². The highest BCUT2D eigenvalue weighted by Gasteiger charge is 2.46. The predicted octanol–water partition coefficient (Wildman–Crippen LogP) is 0.124. The van der Waals surface area contributed by atoms with Gasteiger partial charge in [0.2, 0.25) is 0 Å². The van der Waals surface area contributed by atoms with Crippen molar-refractivity contribution in [1.29, 1.82) is 0 Å². The third kappa shape index (κ3) is 1.59. The summed E-state index contributed by atoms with van der Waals surface area (Å²) < 4.78 is 7.15. The Hall–Kier alpha value is -0.790. The van der Waals surface area contributed by atoms with Crippen molar-refractivity contribution >= 4 is 21.7 Å². The molecule has 0 amide bonds. The van der Waals surface area contributed by atoms with Crippen LogP contribution in [0, 0.1) is 5.41 Å². The van der Waals surface area contributed by atoms with Crippen LogP contribution in [0.3, 0.4) is 0 Å². The van der Waals surface area contributed by atoms with E-state index in [9.17, 15) is 4.79 Å². The van der Waals surface area contributed by atoms with Crippen LogP contribution in [0.1, 0.15) is 17.4 Å². The van der Waals surface area contributed by atoms with E-state index in [-0.39, 0.29) is 11.8 Å². The Labute approximate surface area is 101 Å². The van der Waals surface area contributed by atoms with Gasteiger partial charge < -0.3 is 10.5 Å². The van der Waals surface area contributed by atoms with Crippen molar-refractivity contribution in [2.45, 2.75) is 13.0 Å². The van der Waals surface area contributed by atoms with Crippen LogP contribution < -0.4 is 5.73 Å². The number of ketones is 1. The van der Waals surface area contributed by atoms with Gasteiger partial charge in [0.1, 0.15) is 5.69 Å². The fraction of sp³-hybridized carbons (Fsp3) is 0.667. The van der Waals surface area contributed by atoms with Crippen LogP contribution in [0.2, 0.25) is 0 Å². The number of aromatic nitrogens is 3. The molecular weight excluding hydrogens is 276 g/mol. The number of nitrogens with zero attached hydrogens (tertiary/aromatic N) is 3. The highest BCUT2D eigenvalue weighted by Crippen LogP contribution is 2.32. The largest absolute Gasteiger partial charge is 0.379 e. The summed E-state index contributed by atoms with van der Waals surface area (Å²) in [7, 11) is 1.68. The first-order valence-electron chi connectivity index (χ1n) is 4.90. The van der Waals surface area contributed by atoms with Crippen molar-refractivity contribution in [2.24, 2.45) is 18.2 Å². The first-order chi connectivity index (χ1) is 7.47. The molecule has 0 aromatic carbocycles. The quantitative estimate of drug-likeness (QED) is 0.782. The first kappa shape index (κ1) is 11.7. The predicted molar refractivity (Wildman–Crippen MR) is 59.9 cm³/mol. The Morgan fingerprint density at radius 3 is 2.88 bits per heavy atom. The molecule has 1 aromatic heterocycles. The van der Waals surface area contributed by atoms with E-state index in [1.165, 1.54) is 4.68 Å². The normalized spacial score (nSPS) is 29.6. The van der Waals surface area contributed by atoms with Crippen LogP contribution in [0.5, 0.6) is 0 Å². The number of Topliss-reactive ketones (excluding diaryl/α,β-unsaturated/α-hetero) is 1. The lowest BCUT2D eigenvalue weighted by Crippen LogP contribution is -2.45. The van der Waals surface area contributed by atoms with Gasteiger partial charge in [-0.25, -0.2) is 4.68 Å². The molecule has 16 heavy (non-hydrogen) atoms. The molecule has 0 aliphatic carbocycles. The maximum Gasteiger partial charge on any atom is 0.193 e. The van der Waals surface area contributed by atoms with Gasteiger partial charge >= 0.3 is 0 Å². The maximum absolute atomic E-state index is 12.4. The van der Waals surface area contributed by atoms with Gasteiger partial charge in [-0.1, -0.05) is 5.21 Å². The lowest BCUT2D eigenvalue weighted by Gasteiger charge is -2.24. The highest BCUT2D eigenvalue weighted by molar-refractivity contribution is 9.10. The van der Waals surface area contributed by atoms with Crippen LogP contribution in [-0.2, 0) is 11.8 Å². The average Bonchev–Trinajstić information content (AvgIpc) is 2.73. The molecule has 0 radical (unpaired) electrons. The molecule has 2 atom stereocenters. The molecule has 0 spiro atoms. The summed E-state index contributed by atoms with van der Waals surface area (Å²) >= 11 is 3.21. The first-order valence-corrected chi connectivity index (χ1v) is 5.69. The third-order valence-corrected chi connectivity index (χ3v) is 3.57. The summed E-state index contributed by atoms with van der Waals surface area (Å²) in [6.45, 7) is 2.56. The second kappa shape index (κ2) is 3.90. The van der Waals surface area contributed by atoms with Gasteiger partial charge in [0.15, 0.2) is 10.4 Å². The van der Waals surface area contributed by atoms with Crippen molar-refractivity contribution in [1.82, 2.24) is 15.0 Å². The summed E-state index contributed by atoms with van der Waals surface area (Å²) in [5.41, 5.74) is 5.65. The molecule has 6 nitrogen and oxygen atoms in total. The van der Waals surface area contributed by atoms with E-state index in [4.69, 9.17) is 10.5 Å². The number of carbonyl (C=O) groups is 1. The molecule has 7 heteroatoms. The Morgan fingerprint density at radius 1 is 1.75 bits per heavy atom. The molecule has 2 heterocycles. The smallest absolute Gasteiger partial charge is 0.193 e. The van der Waals surface area contributed by atoms with Crippen LogP contribution >= 0.6 is 15.9 Å². The zero-order valence-corrected chi connectivity index (χ0v) is 10.7. The van der Waals surface area contributed by atoms with Gasteiger partial charge in [0.25, 0.3) is 0 Å². The molecule has 1 saturated heterocycles. The number of hydrogen-bond acceptors (Lipinski definition) is 5. The molecule has 1 aliphatic heterocycles. The van der Waals surface area contributed by atoms with Crippen molar-refractivity contribution in [3.8, 4) is 0 Å². The molecule has 2 unspecified atom stereocenters. The van der Waals surface area contributed by atoms with Crippen molar-refractivity contribution < 1.29 is 9.53 Å². The zero-order valence-electron chi connectivity index (χ0n) is 9.11. The van der Waals surface area contributed by atoms with Crippen molar-refractivity contribution in [2.75, 3.05) is 13.2 Å². The lowest BCUT2D eigenvalue weighted by molar-refractivity contribution is 0.0756. The third-order valence-electron chi connectivity index (χ3n) is 3.04. The van der Waals surface area contributed by atoms with Gasteiger partial charge in [-0.15, -0.1) is 5.10 Å². The van der Waals surface area contributed by atoms with Crippen LogP contribution in [-0.4, -0.2) is 40.0 Å². The fourth-order valence-electron chi connectivity index (χ4n) is 1.77. The van der Waals surface area contributed by atoms with Gasteiger partial charge in [-0.05, 0) is 22.9 Å². The number of carbonyl (C=O) groups excluding carboxylic acids is 1. The minimum atomic E-state index is -0.696. The van der Waals surface area contributed by atoms with E-state index >= 15 is 0 Å². The SMILES string of the molecule is Cn1nnc(Br)c1C(=O)C1(C)COCC1N. The number of aryl methyl sites for hydroxylation is 1. The maximum atomic E-state index is 12.4. The standard InChI is InChI=1S/C9H13BrN4O2/c1-9(4-16-3-5(9)11)7(15)6-8(10)12-13-14(6)2/h5H,3-4,11H2,1-2H3. The summed E-state index contributed by atoms with van der Waals surface area (Å²) in [6.07, 6.45) is 0. The summed E-state index contributed by atoms with van der Waals surface area (Å²) in [6, 6.07) is -0.290. The molecule has 2 N–H and O–H groups in total. The Morgan fingerprint density at radius 2 is 2.44 bits per heavy atom. The fourth-order valence-corrected chi connectivity index (χ4v) is 2.27. The van der Waals surface area contributed by atoms with Gasteiger partial charge in [0, 0.05) is 13.1 Å². The average molecular weight is 289 g/mol. The van der Waals surface area contributed by atoms with Gasteiger partial charge in [0.05, 0.1) is 18.6 Å². The Bertz CT molecular complexity index is 414. The van der Waals surface area contributed by atoms with Crippen molar-refractivity contribution in [3.05, 3.63) is 10.3 Å². The van der Waals surface area contributed by atoms with E-state index in [2.05, 4.69) is 26.2 Å². The number of halogens is 1. The Kier molecular flexibility index (Phi) is 2.85. The van der Waals surface area contributed by atoms with E-state index in [1.54, 1.807) is 7.05 Å². The lowest BCUT2D eigenvalue weighted by atomic mass is 9.80. The number of nitrogens with two attached hydrogens (primary N) is 1. The minimum Gasteiger partial charge on any atom is -0.379 e. The van der Waals surface area contributed by atoms with Crippen LogP contribution in [0.4, 0.5) is 0 Å². The van der Waals surface area contributed by atoms with Crippen LogP contribution in [0.25, 0.3) is 0 Å². The zero-order chi connectivity index (χ0) is 11.9. The summed E-state index contributed by atoms with van der Waals surface area (Å²) in [4.78, 5) is 12.4. The second-order valence-electron chi connectivity index (χ2n) is 4.22. The van der Waals surface area contributed by atoms with Gasteiger partial charge in [-0.2, -0.15) is 0 Å². The van der Waals surface area contributed by atoms with Crippen LogP contribution in [0.15, 0.2) is 4.60 Å². The molecule has 0 saturated carbocycles. The molecular formula is C9H13BrN4O2. The number of hydrogen-bond donors (Lipinski definition) is 1. The second-order valence-corrected chi connectivity index (χ2v) is 4.97. The number of rotatable bonds is 2. The topological polar surface area (TPSA) is 83.0 Å². The molecule has 1 aliphatic rings. The Balaban J connectivity index is 2.39. The highest BCUT2D eigenvalue weighted by atomic mass is 79.9. The van der Waals surface area contributed by atoms with Crippen molar-refractivity contribution in [3.63, 3.8) is 0 Å². The number of ether oxygens (including phenoxy) is 1. The monoisotopic (exact) mass is 288 g/mol. The molecule has 1 fully saturated rings. The van der Waals surface area contributed by atoms with E-state index in [1.807, 2.05) is 6.92 Å². The van der Waals surface area contributed by atoms with E-state index in [0.29, 0.717) is 23.5 Å². The summed E-state index contributed by atoms with van der Waals surface area (Å²) in [5.74, 6) is -0.0862. The van der Waals surface area contributed by atoms with Gasteiger partial charge in [-0.3, -0.25) is 4.79 Å².